The van der Waals surface area contributed by atoms with E-state index in [4.69, 9.17) is 15.6 Å². The second-order valence-corrected chi connectivity index (χ2v) is 3.70. The number of nitrogen functional groups attached to an aromatic ring is 1. The van der Waals surface area contributed by atoms with Crippen LogP contribution in [0, 0.1) is 0 Å². The Morgan fingerprint density at radius 2 is 2.05 bits per heavy atom. The molecule has 0 atom stereocenters. The maximum absolute atomic E-state index is 11.7. The molecule has 2 aromatic rings. The number of rotatable bonds is 5. The average Bonchev–Trinajstić information content (AvgIpc) is 2.85. The zero-order chi connectivity index (χ0) is 14.5. The monoisotopic (exact) mass is 277 g/mol. The van der Waals surface area contributed by atoms with Crippen molar-refractivity contribution in [2.45, 2.75) is 0 Å². The maximum atomic E-state index is 11.7. The molecule has 0 bridgehead atoms. The van der Waals surface area contributed by atoms with E-state index in [0.717, 1.165) is 0 Å². The first-order valence-electron chi connectivity index (χ1n) is 5.48. The van der Waals surface area contributed by atoms with Crippen LogP contribution < -0.4 is 15.8 Å². The van der Waals surface area contributed by atoms with Gasteiger partial charge in [-0.3, -0.25) is 9.89 Å². The van der Waals surface area contributed by atoms with Crippen molar-refractivity contribution in [1.29, 1.82) is 0 Å². The molecule has 9 heteroatoms. The molecule has 104 valence electrons. The number of nitrogens with one attached hydrogen (secondary N) is 2. The number of hydrogen-bond acceptors (Lipinski definition) is 6. The van der Waals surface area contributed by atoms with Crippen molar-refractivity contribution in [3.63, 3.8) is 0 Å². The Morgan fingerprint density at radius 1 is 1.35 bits per heavy atom. The molecular weight excluding hydrogens is 266 g/mol. The van der Waals surface area contributed by atoms with Crippen LogP contribution >= 0.6 is 0 Å². The Kier molecular flexibility index (Phi) is 3.80. The molecule has 1 amide bonds. The number of aliphatic carboxylic acids is 1. The van der Waals surface area contributed by atoms with Gasteiger partial charge in [-0.25, -0.2) is 4.79 Å². The zero-order valence-electron chi connectivity index (χ0n) is 10.2. The Morgan fingerprint density at radius 3 is 2.60 bits per heavy atom. The van der Waals surface area contributed by atoms with Gasteiger partial charge in [0.2, 0.25) is 11.8 Å². The van der Waals surface area contributed by atoms with Crippen molar-refractivity contribution in [1.82, 2.24) is 15.2 Å². The summed E-state index contributed by atoms with van der Waals surface area (Å²) in [6, 6.07) is 6.20. The molecule has 0 radical (unpaired) electrons. The normalized spacial score (nSPS) is 10.0. The molecule has 9 nitrogen and oxygen atoms in total. The van der Waals surface area contributed by atoms with Gasteiger partial charge in [-0.15, -0.1) is 5.10 Å². The standard InChI is InChI=1S/C11H11N5O4/c12-11-14-9(15-16-11)10(19)13-6-1-3-7(4-2-6)20-5-8(17)18/h1-4H,5H2,(H,13,19)(H,17,18)(H3,12,14,15,16). The third-order valence-electron chi connectivity index (χ3n) is 2.19. The van der Waals surface area contributed by atoms with E-state index in [2.05, 4.69) is 20.5 Å². The molecule has 0 aliphatic carbocycles. The van der Waals surface area contributed by atoms with E-state index < -0.39 is 18.5 Å². The van der Waals surface area contributed by atoms with Crippen molar-refractivity contribution < 1.29 is 19.4 Å². The van der Waals surface area contributed by atoms with Gasteiger partial charge in [0.05, 0.1) is 0 Å². The molecule has 1 aromatic carbocycles. The van der Waals surface area contributed by atoms with E-state index in [-0.39, 0.29) is 11.8 Å². The van der Waals surface area contributed by atoms with Crippen LogP contribution in [0.5, 0.6) is 5.75 Å². The van der Waals surface area contributed by atoms with Crippen molar-refractivity contribution in [2.75, 3.05) is 17.7 Å². The minimum absolute atomic E-state index is 0.00583. The number of hydrogen-bond donors (Lipinski definition) is 4. The smallest absolute Gasteiger partial charge is 0.341 e. The van der Waals surface area contributed by atoms with Crippen LogP contribution in [0.1, 0.15) is 10.6 Å². The Labute approximate surface area is 112 Å². The molecule has 0 saturated carbocycles. The number of benzene rings is 1. The van der Waals surface area contributed by atoms with Gasteiger partial charge in [-0.1, -0.05) is 0 Å². The molecule has 1 aromatic heterocycles. The highest BCUT2D eigenvalue weighted by atomic mass is 16.5. The Bertz CT molecular complexity index is 622. The summed E-state index contributed by atoms with van der Waals surface area (Å²) in [5.74, 6) is -1.20. The molecule has 20 heavy (non-hydrogen) atoms. The summed E-state index contributed by atoms with van der Waals surface area (Å²) in [5, 5.41) is 17.0. The second kappa shape index (κ2) is 5.69. The molecule has 0 spiro atoms. The number of anilines is 2. The molecule has 0 aliphatic heterocycles. The predicted molar refractivity (Wildman–Crippen MR) is 68.3 cm³/mol. The third kappa shape index (κ3) is 3.45. The molecule has 5 N–H and O–H groups in total. The number of amides is 1. The van der Waals surface area contributed by atoms with Crippen molar-refractivity contribution in [3.8, 4) is 5.75 Å². The van der Waals surface area contributed by atoms with Crippen LogP contribution in [-0.4, -0.2) is 38.8 Å². The van der Waals surface area contributed by atoms with E-state index in [1.807, 2.05) is 0 Å². The minimum atomic E-state index is -1.06. The summed E-state index contributed by atoms with van der Waals surface area (Å²) >= 11 is 0. The number of aromatic amines is 1. The first-order chi connectivity index (χ1) is 9.54. The van der Waals surface area contributed by atoms with Gasteiger partial charge in [-0.2, -0.15) is 4.98 Å². The topological polar surface area (TPSA) is 143 Å². The molecule has 0 unspecified atom stereocenters. The van der Waals surface area contributed by atoms with Crippen molar-refractivity contribution in [2.24, 2.45) is 0 Å². The highest BCUT2D eigenvalue weighted by Gasteiger charge is 2.10. The molecular formula is C11H11N5O4. The lowest BCUT2D eigenvalue weighted by molar-refractivity contribution is -0.139. The van der Waals surface area contributed by atoms with Crippen LogP contribution in [0.25, 0.3) is 0 Å². The van der Waals surface area contributed by atoms with Gasteiger partial charge in [0.15, 0.2) is 6.61 Å². The number of carbonyl (C=O) groups is 2. The van der Waals surface area contributed by atoms with Crippen LogP contribution in [0.15, 0.2) is 24.3 Å². The van der Waals surface area contributed by atoms with E-state index in [9.17, 15) is 9.59 Å². The lowest BCUT2D eigenvalue weighted by Crippen LogP contribution is -2.14. The van der Waals surface area contributed by atoms with Gasteiger partial charge in [0.1, 0.15) is 5.75 Å². The number of ether oxygens (including phenoxy) is 1. The number of aromatic nitrogens is 3. The fourth-order valence-corrected chi connectivity index (χ4v) is 1.35. The van der Waals surface area contributed by atoms with Gasteiger partial charge in [-0.05, 0) is 24.3 Å². The first kappa shape index (κ1) is 13.3. The summed E-state index contributed by atoms with van der Waals surface area (Å²) in [7, 11) is 0. The second-order valence-electron chi connectivity index (χ2n) is 3.70. The lowest BCUT2D eigenvalue weighted by Gasteiger charge is -2.05. The van der Waals surface area contributed by atoms with E-state index >= 15 is 0 Å². The number of carboxylic acid groups (broad SMARTS) is 1. The van der Waals surface area contributed by atoms with Crippen LogP contribution in [0.3, 0.4) is 0 Å². The maximum Gasteiger partial charge on any atom is 0.341 e. The number of carboxylic acids is 1. The van der Waals surface area contributed by atoms with E-state index in [1.165, 1.54) is 12.1 Å². The quantitative estimate of drug-likeness (QED) is 0.606. The molecule has 2 rings (SSSR count). The Balaban J connectivity index is 1.96. The highest BCUT2D eigenvalue weighted by molar-refractivity contribution is 6.01. The fraction of sp³-hybridized carbons (Fsp3) is 0.0909. The number of carbonyl (C=O) groups excluding carboxylic acids is 1. The summed E-state index contributed by atoms with van der Waals surface area (Å²) < 4.78 is 4.96. The molecule has 0 aliphatic rings. The summed E-state index contributed by atoms with van der Waals surface area (Å²) in [5.41, 5.74) is 5.78. The van der Waals surface area contributed by atoms with Crippen LogP contribution in [-0.2, 0) is 4.79 Å². The summed E-state index contributed by atoms with van der Waals surface area (Å²) in [6.07, 6.45) is 0. The van der Waals surface area contributed by atoms with Gasteiger partial charge < -0.3 is 20.9 Å². The largest absolute Gasteiger partial charge is 0.482 e. The van der Waals surface area contributed by atoms with E-state index in [1.54, 1.807) is 12.1 Å². The van der Waals surface area contributed by atoms with Crippen molar-refractivity contribution >= 4 is 23.5 Å². The molecule has 0 fully saturated rings. The summed E-state index contributed by atoms with van der Waals surface area (Å²) in [4.78, 5) is 25.7. The number of nitrogens with zero attached hydrogens (tertiary/aromatic N) is 2. The number of nitrogens with two attached hydrogens (primary N) is 1. The highest BCUT2D eigenvalue weighted by Crippen LogP contribution is 2.16. The molecule has 0 saturated heterocycles. The van der Waals surface area contributed by atoms with Gasteiger partial charge in [0, 0.05) is 5.69 Å². The third-order valence-corrected chi connectivity index (χ3v) is 2.19. The average molecular weight is 277 g/mol. The van der Waals surface area contributed by atoms with Gasteiger partial charge in [0.25, 0.3) is 5.91 Å². The first-order valence-corrected chi connectivity index (χ1v) is 5.48. The fourth-order valence-electron chi connectivity index (χ4n) is 1.35. The minimum Gasteiger partial charge on any atom is -0.482 e. The summed E-state index contributed by atoms with van der Waals surface area (Å²) in [6.45, 7) is -0.428. The lowest BCUT2D eigenvalue weighted by atomic mass is 10.3. The molecule has 1 heterocycles. The predicted octanol–water partition coefficient (Wildman–Crippen LogP) is 0.103. The zero-order valence-corrected chi connectivity index (χ0v) is 10.2. The van der Waals surface area contributed by atoms with Crippen LogP contribution in [0.4, 0.5) is 11.6 Å². The number of H-pyrrole nitrogens is 1. The van der Waals surface area contributed by atoms with Crippen molar-refractivity contribution in [3.05, 3.63) is 30.1 Å². The Hall–Kier alpha value is -3.10. The van der Waals surface area contributed by atoms with Crippen LogP contribution in [0.2, 0.25) is 0 Å². The van der Waals surface area contributed by atoms with E-state index in [0.29, 0.717) is 11.4 Å². The SMILES string of the molecule is Nc1n[nH]c(C(=O)Nc2ccc(OCC(=O)O)cc2)n1. The van der Waals surface area contributed by atoms with Gasteiger partial charge >= 0.3 is 5.97 Å².